The molecule has 8 N–H and O–H groups in total. The number of hydrogen-bond acceptors (Lipinski definition) is 6. The molecule has 1 aliphatic heterocycles. The molecule has 7 aliphatic rings. The molecule has 1 aromatic heterocycles. The molecule has 7 fully saturated rings. The van der Waals surface area contributed by atoms with Crippen LogP contribution >= 0.6 is 0 Å². The number of allylic oxidation sites excluding steroid dienone is 1. The molecule has 2 heterocycles. The van der Waals surface area contributed by atoms with Gasteiger partial charge in [0.25, 0.3) is 0 Å². The number of ether oxygens (including phenoxy) is 1. The number of nitrogens with two attached hydrogens (primary N) is 2. The van der Waals surface area contributed by atoms with E-state index in [0.29, 0.717) is 72.4 Å². The van der Waals surface area contributed by atoms with Gasteiger partial charge in [-0.1, -0.05) is 37.3 Å². The Kier molecular flexibility index (Phi) is 10.3. The monoisotopic (exact) mass is 783 g/mol. The van der Waals surface area contributed by atoms with Gasteiger partial charge in [-0.2, -0.15) is 0 Å². The molecule has 1 saturated heterocycles. The molecule has 10 nitrogen and oxygen atoms in total. The number of hydrogen-bond donors (Lipinski definition) is 6. The fraction of sp³-hybridized carbons (Fsp3) is 0.745. The fourth-order valence-electron chi connectivity index (χ4n) is 14.4. The lowest BCUT2D eigenvalue weighted by Crippen LogP contribution is -2.56. The third-order valence-corrected chi connectivity index (χ3v) is 17.5. The molecule has 0 radical (unpaired) electrons. The maximum atomic E-state index is 11.8. The average Bonchev–Trinajstić information content (AvgIpc) is 3.65. The van der Waals surface area contributed by atoms with Gasteiger partial charge in [-0.05, 0) is 162 Å². The molecule has 6 aliphatic carbocycles. The maximum absolute atomic E-state index is 11.8. The van der Waals surface area contributed by atoms with Crippen molar-refractivity contribution in [3.8, 4) is 0 Å². The quantitative estimate of drug-likeness (QED) is 0.0539. The van der Waals surface area contributed by atoms with E-state index in [2.05, 4.69) is 47.7 Å². The Balaban J connectivity index is 0.844. The van der Waals surface area contributed by atoms with E-state index in [9.17, 15) is 10.2 Å². The van der Waals surface area contributed by atoms with Crippen molar-refractivity contribution in [1.29, 1.82) is 0 Å². The van der Waals surface area contributed by atoms with Crippen LogP contribution in [0.4, 0.5) is 0 Å². The van der Waals surface area contributed by atoms with Crippen LogP contribution in [0.1, 0.15) is 122 Å². The highest BCUT2D eigenvalue weighted by atomic mass is 16.6. The minimum atomic E-state index is -0.675. The van der Waals surface area contributed by atoms with E-state index in [-0.39, 0.29) is 28.7 Å². The lowest BCUT2D eigenvalue weighted by molar-refractivity contribution is -0.127. The number of furan rings is 1. The first-order valence-corrected chi connectivity index (χ1v) is 22.6. The summed E-state index contributed by atoms with van der Waals surface area (Å²) in [5.41, 5.74) is 15.2. The van der Waals surface area contributed by atoms with Crippen molar-refractivity contribution >= 4 is 22.7 Å². The number of nitrogens with zero attached hydrogens (tertiary/aromatic N) is 2. The molecule has 14 atom stereocenters. The molecule has 0 unspecified atom stereocenters. The number of benzene rings is 1. The number of rotatable bonds is 8. The Bertz CT molecular complexity index is 1880. The second kappa shape index (κ2) is 14.9. The molecule has 0 amide bonds. The first kappa shape index (κ1) is 39.4. The highest BCUT2D eigenvalue weighted by Gasteiger charge is 2.67. The number of aliphatic hydroxyl groups excluding tert-OH is 1. The first-order valence-electron chi connectivity index (χ1n) is 22.6. The van der Waals surface area contributed by atoms with E-state index < -0.39 is 5.60 Å². The first-order chi connectivity index (χ1) is 27.3. The van der Waals surface area contributed by atoms with Crippen LogP contribution in [-0.4, -0.2) is 65.3 Å². The topological polar surface area (TPSA) is 167 Å². The Morgan fingerprint density at radius 1 is 0.930 bits per heavy atom. The van der Waals surface area contributed by atoms with Crippen LogP contribution < -0.4 is 22.1 Å². The lowest BCUT2D eigenvalue weighted by atomic mass is 9.46. The molecule has 1 spiro atoms. The van der Waals surface area contributed by atoms with Crippen LogP contribution in [0.3, 0.4) is 0 Å². The minimum Gasteiger partial charge on any atom is -0.471 e. The Hall–Kier alpha value is -3.08. The lowest BCUT2D eigenvalue weighted by Gasteiger charge is -2.58. The van der Waals surface area contributed by atoms with Gasteiger partial charge in [-0.15, -0.1) is 0 Å². The van der Waals surface area contributed by atoms with Gasteiger partial charge < -0.3 is 41.5 Å². The average molecular weight is 783 g/mol. The second-order valence-corrected chi connectivity index (χ2v) is 20.7. The molecule has 1 aromatic carbocycles. The van der Waals surface area contributed by atoms with Gasteiger partial charge in [0.15, 0.2) is 11.9 Å². The smallest absolute Gasteiger partial charge is 0.190 e. The van der Waals surface area contributed by atoms with E-state index in [0.717, 1.165) is 68.6 Å². The number of nitrogens with one attached hydrogen (secondary N) is 2. The summed E-state index contributed by atoms with van der Waals surface area (Å²) in [5, 5.41) is 31.4. The summed E-state index contributed by atoms with van der Waals surface area (Å²) in [6, 6.07) is 6.24. The number of aliphatic hydroxyl groups is 2. The van der Waals surface area contributed by atoms with Crippen LogP contribution in [0.25, 0.3) is 10.8 Å². The van der Waals surface area contributed by atoms with Gasteiger partial charge in [0, 0.05) is 36.2 Å². The number of guanidine groups is 2. The molecule has 2 aromatic rings. The van der Waals surface area contributed by atoms with Crippen LogP contribution in [0.2, 0.25) is 0 Å². The SMILES string of the molecule is C=C1C[C@@]2(CC[C@@H]([C@H]3CC[C@@H]4CC[C@H](O)C[C@]4(O)C3)C2)[C@@H]2O[C@]2(C)CC[C@H]2[C@@H]1C[C@]2(C)[C@H]1CC[C@H]([C@H](NC(N)=NC)NC(N)=NCCc2cccc3cocc23)C1. The third-order valence-electron chi connectivity index (χ3n) is 17.5. The van der Waals surface area contributed by atoms with Gasteiger partial charge in [0.2, 0.25) is 0 Å². The number of fused-ring (bicyclic) bond motifs is 5. The molecule has 9 rings (SSSR count). The second-order valence-electron chi connectivity index (χ2n) is 20.7. The zero-order valence-electron chi connectivity index (χ0n) is 34.9. The summed E-state index contributed by atoms with van der Waals surface area (Å²) < 4.78 is 12.3. The van der Waals surface area contributed by atoms with Crippen LogP contribution in [0, 0.1) is 52.3 Å². The van der Waals surface area contributed by atoms with Crippen LogP contribution in [0.5, 0.6) is 0 Å². The Labute approximate surface area is 340 Å². The molecule has 57 heavy (non-hydrogen) atoms. The predicted molar refractivity (Wildman–Crippen MR) is 226 cm³/mol. The van der Waals surface area contributed by atoms with Crippen molar-refractivity contribution in [3.05, 3.63) is 48.4 Å². The highest BCUT2D eigenvalue weighted by molar-refractivity contribution is 5.84. The summed E-state index contributed by atoms with van der Waals surface area (Å²) >= 11 is 0. The van der Waals surface area contributed by atoms with E-state index >= 15 is 0 Å². The highest BCUT2D eigenvalue weighted by Crippen LogP contribution is 2.69. The van der Waals surface area contributed by atoms with Crippen molar-refractivity contribution in [2.75, 3.05) is 13.6 Å². The van der Waals surface area contributed by atoms with E-state index in [1.54, 1.807) is 19.6 Å². The summed E-state index contributed by atoms with van der Waals surface area (Å²) in [7, 11) is 1.71. The van der Waals surface area contributed by atoms with Gasteiger partial charge in [0.05, 0.1) is 35.9 Å². The van der Waals surface area contributed by atoms with E-state index in [1.165, 1.54) is 56.1 Å². The van der Waals surface area contributed by atoms with Crippen molar-refractivity contribution in [2.24, 2.45) is 73.7 Å². The van der Waals surface area contributed by atoms with E-state index in [1.807, 2.05) is 0 Å². The summed E-state index contributed by atoms with van der Waals surface area (Å²) in [6.07, 6.45) is 21.5. The molecule has 6 saturated carbocycles. The van der Waals surface area contributed by atoms with Gasteiger partial charge in [-0.3, -0.25) is 9.98 Å². The summed E-state index contributed by atoms with van der Waals surface area (Å²) in [6.45, 7) is 10.5. The number of epoxide rings is 1. The molecule has 312 valence electrons. The predicted octanol–water partition coefficient (Wildman–Crippen LogP) is 7.17. The number of aliphatic imine (C=N–C) groups is 2. The zero-order chi connectivity index (χ0) is 39.7. The van der Waals surface area contributed by atoms with Gasteiger partial charge in [-0.25, -0.2) is 0 Å². The van der Waals surface area contributed by atoms with Crippen LogP contribution in [0.15, 0.2) is 57.3 Å². The zero-order valence-corrected chi connectivity index (χ0v) is 34.9. The van der Waals surface area contributed by atoms with Crippen molar-refractivity contribution in [3.63, 3.8) is 0 Å². The maximum Gasteiger partial charge on any atom is 0.190 e. The fourth-order valence-corrected chi connectivity index (χ4v) is 14.4. The molecule has 0 bridgehead atoms. The van der Waals surface area contributed by atoms with E-state index in [4.69, 9.17) is 32.2 Å². The summed E-state index contributed by atoms with van der Waals surface area (Å²) in [5.74, 6) is 4.54. The summed E-state index contributed by atoms with van der Waals surface area (Å²) in [4.78, 5) is 8.96. The van der Waals surface area contributed by atoms with Gasteiger partial charge in [0.1, 0.15) is 6.17 Å². The molecular formula is C47H70N6O4. The molecular weight excluding hydrogens is 713 g/mol. The van der Waals surface area contributed by atoms with Gasteiger partial charge >= 0.3 is 0 Å². The Morgan fingerprint density at radius 3 is 2.56 bits per heavy atom. The van der Waals surface area contributed by atoms with Crippen molar-refractivity contribution in [1.82, 2.24) is 10.6 Å². The third kappa shape index (κ3) is 7.21. The standard InChI is InChI=1S/C47H70N6O4/c1-28-21-46(18-14-32(22-46)31-9-10-34-12-13-36(54)24-47(34,55)23-31)41-45(3,57-41)17-15-39-37(28)25-44(39,2)35-11-8-30(20-35)40(52-42(48)50-4)53-43(49)51-19-16-29-6-5-7-33-26-56-27-38(29)33/h5-7,26-27,30-32,34-37,39-41,54-55H,1,8-25H2,2-4H3,(H3,48,50,52)(H3,49,51,53)/t30-,31-,32+,34+,35-,36-,37+,39-,40+,41+,44+,45+,46+,47+/m0/s1. The van der Waals surface area contributed by atoms with Crippen LogP contribution in [-0.2, 0) is 11.2 Å². The van der Waals surface area contributed by atoms with Crippen molar-refractivity contribution in [2.45, 2.75) is 153 Å². The normalized spacial score (nSPS) is 43.9. The minimum absolute atomic E-state index is 0.0417. The Morgan fingerprint density at radius 2 is 1.72 bits per heavy atom. The largest absolute Gasteiger partial charge is 0.471 e. The van der Waals surface area contributed by atoms with Crippen molar-refractivity contribution < 1.29 is 19.4 Å². The molecule has 10 heteroatoms.